The zero-order valence-electron chi connectivity index (χ0n) is 14.0. The van der Waals surface area contributed by atoms with Gasteiger partial charge >= 0.3 is 0 Å². The zero-order chi connectivity index (χ0) is 17.9. The molecular formula is C20H18N4O2. The zero-order valence-corrected chi connectivity index (χ0v) is 14.0. The van der Waals surface area contributed by atoms with Crippen LogP contribution in [0.15, 0.2) is 61.2 Å². The molecule has 6 heteroatoms. The van der Waals surface area contributed by atoms with Gasteiger partial charge < -0.3 is 20.2 Å². The maximum absolute atomic E-state index is 10.4. The maximum Gasteiger partial charge on any atom is 0.123 e. The number of nitrogens with zero attached hydrogens (tertiary/aromatic N) is 2. The van der Waals surface area contributed by atoms with E-state index in [1.54, 1.807) is 43.0 Å². The molecule has 26 heavy (non-hydrogen) atoms. The number of nitrogens with one attached hydrogen (secondary N) is 2. The molecule has 0 unspecified atom stereocenters. The van der Waals surface area contributed by atoms with Crippen LogP contribution in [0.2, 0.25) is 0 Å². The number of aromatic amines is 2. The van der Waals surface area contributed by atoms with Gasteiger partial charge in [-0.2, -0.15) is 0 Å². The number of aromatic hydroxyl groups is 2. The Morgan fingerprint density at radius 2 is 1.50 bits per heavy atom. The molecule has 0 bridgehead atoms. The Morgan fingerprint density at radius 3 is 2.19 bits per heavy atom. The number of aromatic nitrogens is 4. The molecule has 0 saturated heterocycles. The molecule has 0 amide bonds. The van der Waals surface area contributed by atoms with Crippen molar-refractivity contribution in [3.8, 4) is 22.6 Å². The number of phenols is 2. The number of phenolic OH excluding ortho intramolecular Hbond substituents is 2. The lowest BCUT2D eigenvalue weighted by Gasteiger charge is -2.13. The second-order valence-corrected chi connectivity index (χ2v) is 6.12. The molecule has 130 valence electrons. The molecule has 4 aromatic rings. The third-order valence-electron chi connectivity index (χ3n) is 4.28. The van der Waals surface area contributed by atoms with Crippen LogP contribution in [-0.2, 0) is 12.8 Å². The van der Waals surface area contributed by atoms with E-state index >= 15 is 0 Å². The van der Waals surface area contributed by atoms with Gasteiger partial charge in [-0.3, -0.25) is 0 Å². The summed E-state index contributed by atoms with van der Waals surface area (Å²) >= 11 is 0. The fraction of sp³-hybridized carbons (Fsp3) is 0.100. The number of H-pyrrole nitrogens is 2. The number of hydrogen-bond donors (Lipinski definition) is 4. The lowest BCUT2D eigenvalue weighted by molar-refractivity contribution is 0.473. The first-order chi connectivity index (χ1) is 12.7. The molecule has 0 aliphatic rings. The average molecular weight is 346 g/mol. The summed E-state index contributed by atoms with van der Waals surface area (Å²) in [5.41, 5.74) is 3.49. The van der Waals surface area contributed by atoms with Gasteiger partial charge in [0.2, 0.25) is 0 Å². The van der Waals surface area contributed by atoms with Gasteiger partial charge in [0.05, 0.1) is 0 Å². The topological polar surface area (TPSA) is 97.8 Å². The van der Waals surface area contributed by atoms with E-state index in [4.69, 9.17) is 0 Å². The van der Waals surface area contributed by atoms with E-state index in [0.717, 1.165) is 33.9 Å². The molecule has 2 heterocycles. The molecule has 4 rings (SSSR count). The van der Waals surface area contributed by atoms with Crippen molar-refractivity contribution >= 4 is 0 Å². The third-order valence-corrected chi connectivity index (χ3v) is 4.28. The summed E-state index contributed by atoms with van der Waals surface area (Å²) in [6.07, 6.45) is 8.14. The Hall–Kier alpha value is -3.54. The summed E-state index contributed by atoms with van der Waals surface area (Å²) < 4.78 is 0. The van der Waals surface area contributed by atoms with Gasteiger partial charge in [0.15, 0.2) is 0 Å². The average Bonchev–Trinajstić information content (AvgIpc) is 3.31. The molecule has 0 atom stereocenters. The van der Waals surface area contributed by atoms with E-state index in [1.165, 1.54) is 0 Å². The summed E-state index contributed by atoms with van der Waals surface area (Å²) in [4.78, 5) is 14.7. The Bertz CT molecular complexity index is 1010. The molecule has 2 aromatic heterocycles. The van der Waals surface area contributed by atoms with Crippen molar-refractivity contribution in [3.63, 3.8) is 0 Å². The van der Waals surface area contributed by atoms with E-state index in [1.807, 2.05) is 18.2 Å². The Kier molecular flexibility index (Phi) is 4.15. The fourth-order valence-corrected chi connectivity index (χ4v) is 3.06. The molecular weight excluding hydrogens is 328 g/mol. The van der Waals surface area contributed by atoms with E-state index in [2.05, 4.69) is 19.9 Å². The highest BCUT2D eigenvalue weighted by atomic mass is 16.3. The van der Waals surface area contributed by atoms with Crippen molar-refractivity contribution in [3.05, 3.63) is 84.0 Å². The van der Waals surface area contributed by atoms with Gasteiger partial charge in [-0.05, 0) is 41.0 Å². The first-order valence-corrected chi connectivity index (χ1v) is 8.30. The third kappa shape index (κ3) is 3.30. The summed E-state index contributed by atoms with van der Waals surface area (Å²) in [5, 5.41) is 20.3. The molecule has 0 aliphatic heterocycles. The first kappa shape index (κ1) is 16.0. The first-order valence-electron chi connectivity index (χ1n) is 8.30. The number of rotatable bonds is 5. The van der Waals surface area contributed by atoms with Crippen LogP contribution in [0, 0.1) is 0 Å². The largest absolute Gasteiger partial charge is 0.508 e. The predicted octanol–water partition coefficient (Wildman–Crippen LogP) is 3.39. The predicted molar refractivity (Wildman–Crippen MR) is 98.0 cm³/mol. The van der Waals surface area contributed by atoms with E-state index < -0.39 is 0 Å². The molecule has 0 fully saturated rings. The van der Waals surface area contributed by atoms with Crippen LogP contribution in [0.4, 0.5) is 0 Å². The molecule has 0 saturated carbocycles. The SMILES string of the molecule is Oc1ccc(-c2cc(Cc3ncc[nH]3)ccc2O)c(Cc2ncc[nH]2)c1. The van der Waals surface area contributed by atoms with Crippen LogP contribution in [0.5, 0.6) is 11.5 Å². The van der Waals surface area contributed by atoms with Crippen molar-refractivity contribution in [1.29, 1.82) is 0 Å². The van der Waals surface area contributed by atoms with Crippen molar-refractivity contribution in [2.75, 3.05) is 0 Å². The lowest BCUT2D eigenvalue weighted by Crippen LogP contribution is -1.96. The van der Waals surface area contributed by atoms with Crippen LogP contribution in [0.3, 0.4) is 0 Å². The van der Waals surface area contributed by atoms with Gasteiger partial charge in [-0.1, -0.05) is 12.1 Å². The fourth-order valence-electron chi connectivity index (χ4n) is 3.06. The molecule has 0 aliphatic carbocycles. The number of benzene rings is 2. The maximum atomic E-state index is 10.4. The Labute approximate surface area is 150 Å². The molecule has 0 spiro atoms. The normalized spacial score (nSPS) is 10.9. The van der Waals surface area contributed by atoms with Gasteiger partial charge in [0, 0.05) is 43.2 Å². The highest BCUT2D eigenvalue weighted by Gasteiger charge is 2.13. The second kappa shape index (κ2) is 6.76. The van der Waals surface area contributed by atoms with E-state index in [-0.39, 0.29) is 11.5 Å². The van der Waals surface area contributed by atoms with Gasteiger partial charge in [-0.25, -0.2) is 9.97 Å². The van der Waals surface area contributed by atoms with Crippen LogP contribution < -0.4 is 0 Å². The molecule has 4 N–H and O–H groups in total. The molecule has 6 nitrogen and oxygen atoms in total. The summed E-state index contributed by atoms with van der Waals surface area (Å²) in [6, 6.07) is 10.7. The number of imidazole rings is 2. The van der Waals surface area contributed by atoms with Crippen molar-refractivity contribution in [1.82, 2.24) is 19.9 Å². The molecule has 0 radical (unpaired) electrons. The highest BCUT2D eigenvalue weighted by Crippen LogP contribution is 2.35. The molecule has 2 aromatic carbocycles. The van der Waals surface area contributed by atoms with Gasteiger partial charge in [0.25, 0.3) is 0 Å². The van der Waals surface area contributed by atoms with Crippen molar-refractivity contribution in [2.45, 2.75) is 12.8 Å². The summed E-state index contributed by atoms with van der Waals surface area (Å²) in [7, 11) is 0. The van der Waals surface area contributed by atoms with Crippen molar-refractivity contribution < 1.29 is 10.2 Å². The van der Waals surface area contributed by atoms with Gasteiger partial charge in [-0.15, -0.1) is 0 Å². The second-order valence-electron chi connectivity index (χ2n) is 6.12. The Balaban J connectivity index is 1.74. The Morgan fingerprint density at radius 1 is 0.769 bits per heavy atom. The standard InChI is InChI=1S/C20H18N4O2/c25-15-2-3-16(14(11-15)12-20-23-7-8-24-20)17-9-13(1-4-18(17)26)10-19-21-5-6-22-19/h1-9,11,25-26H,10,12H2,(H,21,22)(H,23,24). The highest BCUT2D eigenvalue weighted by molar-refractivity contribution is 5.74. The van der Waals surface area contributed by atoms with E-state index in [9.17, 15) is 10.2 Å². The summed E-state index contributed by atoms with van der Waals surface area (Å²) in [5.74, 6) is 2.03. The van der Waals surface area contributed by atoms with Crippen molar-refractivity contribution in [2.24, 2.45) is 0 Å². The minimum Gasteiger partial charge on any atom is -0.508 e. The van der Waals surface area contributed by atoms with Crippen LogP contribution in [0.25, 0.3) is 11.1 Å². The van der Waals surface area contributed by atoms with Crippen LogP contribution >= 0.6 is 0 Å². The quantitative estimate of drug-likeness (QED) is 0.445. The van der Waals surface area contributed by atoms with E-state index in [0.29, 0.717) is 12.8 Å². The minimum atomic E-state index is 0.182. The van der Waals surface area contributed by atoms with Gasteiger partial charge in [0.1, 0.15) is 23.1 Å². The smallest absolute Gasteiger partial charge is 0.123 e. The minimum absolute atomic E-state index is 0.182. The van der Waals surface area contributed by atoms with Crippen LogP contribution in [0.1, 0.15) is 22.8 Å². The van der Waals surface area contributed by atoms with Crippen LogP contribution in [-0.4, -0.2) is 30.1 Å². The number of hydrogen-bond acceptors (Lipinski definition) is 4. The lowest BCUT2D eigenvalue weighted by atomic mass is 9.94. The summed E-state index contributed by atoms with van der Waals surface area (Å²) in [6.45, 7) is 0. The monoisotopic (exact) mass is 346 g/mol.